The summed E-state index contributed by atoms with van der Waals surface area (Å²) in [6.07, 6.45) is 0. The van der Waals surface area contributed by atoms with Crippen LogP contribution in [0.4, 0.5) is 0 Å². The fourth-order valence-corrected chi connectivity index (χ4v) is 0. The molecule has 0 heterocycles. The van der Waals surface area contributed by atoms with Crippen molar-refractivity contribution in [2.45, 2.75) is 0 Å². The van der Waals surface area contributed by atoms with E-state index in [2.05, 4.69) is 0 Å². The second-order valence-corrected chi connectivity index (χ2v) is 0. The summed E-state index contributed by atoms with van der Waals surface area (Å²) < 4.78 is 0. The van der Waals surface area contributed by atoms with Gasteiger partial charge in [-0.1, -0.05) is 0 Å². The molecule has 0 N–H and O–H groups in total. The molecule has 0 spiro atoms. The molecule has 0 rings (SSSR count). The summed E-state index contributed by atoms with van der Waals surface area (Å²) in [5.74, 6) is 0. The van der Waals surface area contributed by atoms with Gasteiger partial charge in [-0.3, -0.25) is 0 Å². The van der Waals surface area contributed by atoms with E-state index in [-0.39, 0.29) is 59.7 Å². The van der Waals surface area contributed by atoms with Crippen LogP contribution in [0.25, 0.3) is 0 Å². The smallest absolute Gasteiger partial charge is 1.00 e. The zero-order valence-corrected chi connectivity index (χ0v) is 5.62. The zero-order valence-electron chi connectivity index (χ0n) is 1.26. The Hall–Kier alpha value is 1.60. The van der Waals surface area contributed by atoms with E-state index in [0.29, 0.717) is 0 Å². The van der Waals surface area contributed by atoms with Crippen molar-refractivity contribution in [3.63, 3.8) is 0 Å². The average Bonchev–Trinajstić information content (AvgIpc) is 0. The average molecular weight is 222 g/mol. The van der Waals surface area contributed by atoms with Crippen LogP contribution in [0, 0.1) is 0 Å². The molecule has 4 heavy (non-hydrogen) atoms. The van der Waals surface area contributed by atoms with Crippen molar-refractivity contribution in [3.8, 4) is 0 Å². The molecule has 0 aromatic rings. The summed E-state index contributed by atoms with van der Waals surface area (Å²) >= 11 is 0. The van der Waals surface area contributed by atoms with Gasteiger partial charge in [0.2, 0.25) is 0 Å². The molecule has 0 unspecified atom stereocenters. The van der Waals surface area contributed by atoms with Crippen molar-refractivity contribution in [2.75, 3.05) is 0 Å². The standard InChI is InChI=1S/2ClH.H4Si.Sn/h2*1H;1H4;/q;;;+2/p-2. The van der Waals surface area contributed by atoms with Crippen LogP contribution < -0.4 is 24.8 Å². The fourth-order valence-electron chi connectivity index (χ4n) is 0. The van der Waals surface area contributed by atoms with E-state index in [1.54, 1.807) is 0 Å². The molecular weight excluding hydrogens is 218 g/mol. The molecule has 0 atom stereocenters. The predicted molar refractivity (Wildman–Crippen MR) is 17.1 cm³/mol. The van der Waals surface area contributed by atoms with Gasteiger partial charge in [-0.25, -0.2) is 0 Å². The Morgan fingerprint density at radius 3 is 0.750 bits per heavy atom. The molecule has 0 saturated carbocycles. The monoisotopic (exact) mass is 222 g/mol. The van der Waals surface area contributed by atoms with Crippen LogP contribution in [0.5, 0.6) is 0 Å². The van der Waals surface area contributed by atoms with Gasteiger partial charge in [0.15, 0.2) is 0 Å². The molecule has 2 radical (unpaired) electrons. The van der Waals surface area contributed by atoms with Crippen LogP contribution in [-0.4, -0.2) is 34.9 Å². The number of halogens is 2. The third kappa shape index (κ3) is 9.51. The Morgan fingerprint density at radius 2 is 0.750 bits per heavy atom. The van der Waals surface area contributed by atoms with Gasteiger partial charge in [0.05, 0.1) is 0 Å². The first kappa shape index (κ1) is 46.4. The van der Waals surface area contributed by atoms with Gasteiger partial charge in [-0.2, -0.15) is 0 Å². The van der Waals surface area contributed by atoms with Crippen molar-refractivity contribution in [3.05, 3.63) is 0 Å². The predicted octanol–water partition coefficient (Wildman–Crippen LogP) is -7.82. The molecule has 26 valence electrons. The van der Waals surface area contributed by atoms with Crippen LogP contribution >= 0.6 is 0 Å². The third-order valence-corrected chi connectivity index (χ3v) is 0. The second-order valence-electron chi connectivity index (χ2n) is 0. The quantitative estimate of drug-likeness (QED) is 0.357. The van der Waals surface area contributed by atoms with Gasteiger partial charge in [0.1, 0.15) is 0 Å². The molecule has 0 aliphatic carbocycles. The Balaban J connectivity index is 0. The van der Waals surface area contributed by atoms with E-state index in [4.69, 9.17) is 0 Å². The van der Waals surface area contributed by atoms with Gasteiger partial charge in [0.25, 0.3) is 0 Å². The normalized spacial score (nSPS) is 0. The van der Waals surface area contributed by atoms with E-state index in [1.165, 1.54) is 0 Å². The van der Waals surface area contributed by atoms with Crippen LogP contribution in [0.1, 0.15) is 0 Å². The van der Waals surface area contributed by atoms with E-state index in [1.807, 2.05) is 0 Å². The maximum Gasteiger partial charge on any atom is 2.00 e. The summed E-state index contributed by atoms with van der Waals surface area (Å²) in [6, 6.07) is 0. The van der Waals surface area contributed by atoms with Gasteiger partial charge in [-0.05, 0) is 11.0 Å². The largest absolute Gasteiger partial charge is 2.00 e. The Bertz CT molecular complexity index is 6.00. The van der Waals surface area contributed by atoms with Crippen molar-refractivity contribution >= 4 is 34.9 Å². The number of hydrogen-bond acceptors (Lipinski definition) is 0. The van der Waals surface area contributed by atoms with Crippen molar-refractivity contribution in [2.24, 2.45) is 0 Å². The van der Waals surface area contributed by atoms with Crippen molar-refractivity contribution < 1.29 is 24.8 Å². The Morgan fingerprint density at radius 1 is 0.750 bits per heavy atom. The maximum atomic E-state index is 0. The van der Waals surface area contributed by atoms with Crippen molar-refractivity contribution in [1.82, 2.24) is 0 Å². The first-order valence-corrected chi connectivity index (χ1v) is 0. The van der Waals surface area contributed by atoms with Gasteiger partial charge in [0, 0.05) is 0 Å². The molecular formula is H4Cl2SiSn. The van der Waals surface area contributed by atoms with Crippen LogP contribution in [0.15, 0.2) is 0 Å². The molecule has 0 bridgehead atoms. The first-order chi connectivity index (χ1) is 0. The Kier molecular flexibility index (Phi) is 271. The summed E-state index contributed by atoms with van der Waals surface area (Å²) in [7, 11) is 0. The van der Waals surface area contributed by atoms with Gasteiger partial charge in [-0.15, -0.1) is 0 Å². The molecule has 0 nitrogen and oxygen atoms in total. The molecule has 0 amide bonds. The van der Waals surface area contributed by atoms with Gasteiger partial charge >= 0.3 is 23.9 Å². The molecule has 4 heteroatoms. The third-order valence-electron chi connectivity index (χ3n) is 0. The minimum atomic E-state index is 0. The molecule has 0 aliphatic rings. The van der Waals surface area contributed by atoms with Crippen LogP contribution in [0.3, 0.4) is 0 Å². The second kappa shape index (κ2) is 23.3. The van der Waals surface area contributed by atoms with Crippen LogP contribution in [-0.2, 0) is 0 Å². The topological polar surface area (TPSA) is 0 Å². The fraction of sp³-hybridized carbons (Fsp3) is 0. The number of rotatable bonds is 0. The zero-order chi connectivity index (χ0) is 0. The molecule has 0 fully saturated rings. The van der Waals surface area contributed by atoms with Crippen LogP contribution in [0.2, 0.25) is 0 Å². The SMILES string of the molecule is [Cl-].[Cl-].[SiH4].[Sn+2]. The molecule has 0 aliphatic heterocycles. The van der Waals surface area contributed by atoms with E-state index >= 15 is 0 Å². The summed E-state index contributed by atoms with van der Waals surface area (Å²) in [5.41, 5.74) is 0. The minimum absolute atomic E-state index is 0. The van der Waals surface area contributed by atoms with E-state index in [0.717, 1.165) is 0 Å². The number of hydrogen-bond donors (Lipinski definition) is 0. The Labute approximate surface area is 59.5 Å². The van der Waals surface area contributed by atoms with E-state index in [9.17, 15) is 0 Å². The van der Waals surface area contributed by atoms with Crippen molar-refractivity contribution in [1.29, 1.82) is 0 Å². The van der Waals surface area contributed by atoms with Gasteiger partial charge < -0.3 is 24.8 Å². The van der Waals surface area contributed by atoms with E-state index < -0.39 is 0 Å². The summed E-state index contributed by atoms with van der Waals surface area (Å²) in [4.78, 5) is 0. The summed E-state index contributed by atoms with van der Waals surface area (Å²) in [5, 5.41) is 0. The molecule has 0 saturated heterocycles. The first-order valence-electron chi connectivity index (χ1n) is 0. The molecule has 0 aromatic heterocycles. The summed E-state index contributed by atoms with van der Waals surface area (Å²) in [6.45, 7) is 0. The molecule has 0 aromatic carbocycles. The minimum Gasteiger partial charge on any atom is -1.00 e. The maximum absolute atomic E-state index is 0.